The van der Waals surface area contributed by atoms with Crippen molar-refractivity contribution < 1.29 is 36.9 Å². The number of halogens is 3. The van der Waals surface area contributed by atoms with E-state index in [-0.39, 0.29) is 36.1 Å². The smallest absolute Gasteiger partial charge is 0.508 e. The molecule has 38 heavy (non-hydrogen) atoms. The van der Waals surface area contributed by atoms with Gasteiger partial charge in [-0.3, -0.25) is 0 Å². The van der Waals surface area contributed by atoms with Crippen molar-refractivity contribution in [3.05, 3.63) is 66.3 Å². The van der Waals surface area contributed by atoms with E-state index in [0.717, 1.165) is 18.4 Å². The monoisotopic (exact) mass is 527 g/mol. The predicted octanol–water partition coefficient (Wildman–Crippen LogP) is 6.65. The number of ether oxygens (including phenoxy) is 3. The Morgan fingerprint density at radius 1 is 1.03 bits per heavy atom. The van der Waals surface area contributed by atoms with Gasteiger partial charge in [-0.05, 0) is 75.1 Å². The van der Waals surface area contributed by atoms with E-state index in [2.05, 4.69) is 19.7 Å². The molecule has 2 aromatic heterocycles. The first-order valence-corrected chi connectivity index (χ1v) is 12.0. The van der Waals surface area contributed by atoms with E-state index in [1.807, 2.05) is 13.8 Å². The molecule has 1 fully saturated rings. The van der Waals surface area contributed by atoms with Gasteiger partial charge < -0.3 is 23.7 Å². The zero-order chi connectivity index (χ0) is 26.9. The van der Waals surface area contributed by atoms with Gasteiger partial charge >= 0.3 is 12.4 Å². The summed E-state index contributed by atoms with van der Waals surface area (Å²) in [7, 11) is 0. The van der Waals surface area contributed by atoms with Crippen LogP contribution in [0.2, 0.25) is 0 Å². The molecule has 1 saturated carbocycles. The van der Waals surface area contributed by atoms with Gasteiger partial charge in [-0.25, -0.2) is 15.0 Å². The molecule has 198 valence electrons. The highest BCUT2D eigenvalue weighted by Gasteiger charge is 2.31. The third-order valence-corrected chi connectivity index (χ3v) is 5.63. The normalized spacial score (nSPS) is 13.5. The quantitative estimate of drug-likeness (QED) is 0.258. The summed E-state index contributed by atoms with van der Waals surface area (Å²) in [5, 5.41) is 9.86. The lowest BCUT2D eigenvalue weighted by molar-refractivity contribution is -0.274. The summed E-state index contributed by atoms with van der Waals surface area (Å²) < 4.78 is 59.3. The molecule has 11 heteroatoms. The second kappa shape index (κ2) is 10.2. The van der Waals surface area contributed by atoms with Gasteiger partial charge in [0.05, 0.1) is 6.10 Å². The maximum absolute atomic E-state index is 12.6. The molecule has 0 aliphatic heterocycles. The van der Waals surface area contributed by atoms with Crippen LogP contribution in [0.15, 0.2) is 59.3 Å². The zero-order valence-corrected chi connectivity index (χ0v) is 20.5. The molecule has 1 N–H and O–H groups in total. The van der Waals surface area contributed by atoms with Crippen molar-refractivity contribution in [1.29, 1.82) is 0 Å². The summed E-state index contributed by atoms with van der Waals surface area (Å²) >= 11 is 0. The van der Waals surface area contributed by atoms with E-state index < -0.39 is 6.36 Å². The Bertz CT molecular complexity index is 1400. The first-order chi connectivity index (χ1) is 18.1. The van der Waals surface area contributed by atoms with Crippen molar-refractivity contribution >= 4 is 0 Å². The summed E-state index contributed by atoms with van der Waals surface area (Å²) in [6.45, 7) is 3.70. The van der Waals surface area contributed by atoms with Crippen molar-refractivity contribution in [3.8, 4) is 45.8 Å². The molecule has 8 nitrogen and oxygen atoms in total. The van der Waals surface area contributed by atoms with E-state index in [1.165, 1.54) is 36.7 Å². The summed E-state index contributed by atoms with van der Waals surface area (Å²) in [5.74, 6) is 1.32. The van der Waals surface area contributed by atoms with Gasteiger partial charge in [0.1, 0.15) is 22.9 Å². The Morgan fingerprint density at radius 2 is 1.74 bits per heavy atom. The van der Waals surface area contributed by atoms with E-state index >= 15 is 0 Å². The molecule has 0 radical (unpaired) electrons. The van der Waals surface area contributed by atoms with E-state index in [4.69, 9.17) is 13.9 Å². The standard InChI is InChI=1S/C27H24F3N3O5/c1-15(2)36-26-31-12-18(13-32-26)24-25(17-5-8-20(9-6-17)38-27(28,29)30)37-23(33-24)14-35-22-10-7-19(34)11-21(22)16-3-4-16/h5-13,15-16,34H,3-4,14H2,1-2H3. The number of phenols is 1. The summed E-state index contributed by atoms with van der Waals surface area (Å²) in [5.41, 5.74) is 2.30. The number of hydrogen-bond acceptors (Lipinski definition) is 8. The van der Waals surface area contributed by atoms with Crippen LogP contribution in [0.5, 0.6) is 23.3 Å². The van der Waals surface area contributed by atoms with Gasteiger partial charge in [0, 0.05) is 29.1 Å². The highest BCUT2D eigenvalue weighted by atomic mass is 19.4. The first-order valence-electron chi connectivity index (χ1n) is 12.0. The zero-order valence-electron chi connectivity index (χ0n) is 20.5. The minimum atomic E-state index is -4.80. The van der Waals surface area contributed by atoms with Crippen LogP contribution in [0.25, 0.3) is 22.6 Å². The molecule has 0 spiro atoms. The average molecular weight is 527 g/mol. The molecule has 0 saturated heterocycles. The van der Waals surface area contributed by atoms with Gasteiger partial charge in [0.2, 0.25) is 5.89 Å². The van der Waals surface area contributed by atoms with Crippen molar-refractivity contribution in [1.82, 2.24) is 15.0 Å². The van der Waals surface area contributed by atoms with Crippen LogP contribution < -0.4 is 14.2 Å². The van der Waals surface area contributed by atoms with Crippen molar-refractivity contribution in [2.45, 2.75) is 51.7 Å². The van der Waals surface area contributed by atoms with Crippen LogP contribution >= 0.6 is 0 Å². The highest BCUT2D eigenvalue weighted by molar-refractivity contribution is 5.76. The third kappa shape index (κ3) is 6.16. The second-order valence-electron chi connectivity index (χ2n) is 9.06. The van der Waals surface area contributed by atoms with Crippen LogP contribution in [0, 0.1) is 0 Å². The Hall–Kier alpha value is -4.28. The molecule has 1 aliphatic carbocycles. The molecule has 2 heterocycles. The molecule has 0 atom stereocenters. The van der Waals surface area contributed by atoms with Crippen LogP contribution in [0.1, 0.15) is 44.1 Å². The number of aromatic nitrogens is 3. The van der Waals surface area contributed by atoms with Gasteiger partial charge in [-0.15, -0.1) is 13.2 Å². The fourth-order valence-electron chi connectivity index (χ4n) is 3.86. The SMILES string of the molecule is CC(C)Oc1ncc(-c2nc(COc3ccc(O)cc3C3CC3)oc2-c2ccc(OC(F)(F)F)cc2)cn1. The molecular weight excluding hydrogens is 503 g/mol. The number of hydrogen-bond donors (Lipinski definition) is 1. The van der Waals surface area contributed by atoms with Crippen LogP contribution in [-0.2, 0) is 6.61 Å². The number of phenolic OH excluding ortho intramolecular Hbond substituents is 1. The maximum Gasteiger partial charge on any atom is 0.573 e. The fraction of sp³-hybridized carbons (Fsp3) is 0.296. The van der Waals surface area contributed by atoms with E-state index in [0.29, 0.717) is 34.2 Å². The molecular formula is C27H24F3N3O5. The molecule has 0 bridgehead atoms. The van der Waals surface area contributed by atoms with Crippen LogP contribution in [-0.4, -0.2) is 32.5 Å². The summed E-state index contributed by atoms with van der Waals surface area (Å²) in [6, 6.07) is 10.4. The van der Waals surface area contributed by atoms with Gasteiger partial charge in [-0.1, -0.05) is 0 Å². The number of rotatable bonds is 9. The molecule has 5 rings (SSSR count). The van der Waals surface area contributed by atoms with Crippen molar-refractivity contribution in [2.75, 3.05) is 0 Å². The summed E-state index contributed by atoms with van der Waals surface area (Å²) in [6.07, 6.45) is 0.209. The Morgan fingerprint density at radius 3 is 2.37 bits per heavy atom. The van der Waals surface area contributed by atoms with Crippen LogP contribution in [0.3, 0.4) is 0 Å². The lowest BCUT2D eigenvalue weighted by Gasteiger charge is -2.10. The Labute approximate surface area is 216 Å². The molecule has 0 unspecified atom stereocenters. The van der Waals surface area contributed by atoms with E-state index in [9.17, 15) is 18.3 Å². The minimum absolute atomic E-state index is 0.0117. The number of oxazole rings is 1. The topological polar surface area (TPSA) is 99.7 Å². The Kier molecular flexibility index (Phi) is 6.83. The third-order valence-electron chi connectivity index (χ3n) is 5.63. The molecule has 4 aromatic rings. The van der Waals surface area contributed by atoms with Crippen molar-refractivity contribution in [2.24, 2.45) is 0 Å². The second-order valence-corrected chi connectivity index (χ2v) is 9.06. The minimum Gasteiger partial charge on any atom is -0.508 e. The lowest BCUT2D eigenvalue weighted by atomic mass is 10.1. The Balaban J connectivity index is 1.45. The summed E-state index contributed by atoms with van der Waals surface area (Å²) in [4.78, 5) is 13.0. The van der Waals surface area contributed by atoms with Crippen LogP contribution in [0.4, 0.5) is 13.2 Å². The predicted molar refractivity (Wildman–Crippen MR) is 130 cm³/mol. The molecule has 2 aromatic carbocycles. The molecule has 0 amide bonds. The lowest BCUT2D eigenvalue weighted by Crippen LogP contribution is -2.16. The fourth-order valence-corrected chi connectivity index (χ4v) is 3.86. The number of aromatic hydroxyl groups is 1. The van der Waals surface area contributed by atoms with Gasteiger partial charge in [0.15, 0.2) is 12.4 Å². The first kappa shape index (κ1) is 25.4. The number of alkyl halides is 3. The molecule has 1 aliphatic rings. The van der Waals surface area contributed by atoms with E-state index in [1.54, 1.807) is 18.2 Å². The maximum atomic E-state index is 12.6. The largest absolute Gasteiger partial charge is 0.573 e. The number of nitrogens with zero attached hydrogens (tertiary/aromatic N) is 3. The highest BCUT2D eigenvalue weighted by Crippen LogP contribution is 2.45. The van der Waals surface area contributed by atoms with Gasteiger partial charge in [-0.2, -0.15) is 0 Å². The van der Waals surface area contributed by atoms with Gasteiger partial charge in [0.25, 0.3) is 0 Å². The number of benzene rings is 2. The van der Waals surface area contributed by atoms with Crippen molar-refractivity contribution in [3.63, 3.8) is 0 Å². The average Bonchev–Trinajstić information content (AvgIpc) is 3.62.